The molecule has 0 aromatic heterocycles. The average Bonchev–Trinajstić information content (AvgIpc) is 3.05. The Hall–Kier alpha value is -5.60. The van der Waals surface area contributed by atoms with Crippen LogP contribution in [-0.4, -0.2) is 10.2 Å². The third-order valence-corrected chi connectivity index (χ3v) is 7.30. The molecule has 0 unspecified atom stereocenters. The maximum absolute atomic E-state index is 9.78. The van der Waals surface area contributed by atoms with Crippen LogP contribution in [0.5, 0.6) is 11.5 Å². The molecule has 6 aromatic rings. The van der Waals surface area contributed by atoms with Crippen LogP contribution in [0.3, 0.4) is 0 Å². The molecule has 0 atom stereocenters. The first-order chi connectivity index (χ1) is 20.6. The molecule has 2 heteroatoms. The lowest BCUT2D eigenvalue weighted by Gasteiger charge is -2.11. The number of rotatable bonds is 7. The van der Waals surface area contributed by atoms with E-state index in [9.17, 15) is 10.2 Å². The van der Waals surface area contributed by atoms with Crippen LogP contribution >= 0.6 is 0 Å². The Kier molecular flexibility index (Phi) is 7.78. The van der Waals surface area contributed by atoms with Crippen LogP contribution in [0.25, 0.3) is 34.4 Å². The fraction of sp³-hybridized carbons (Fsp3) is 0. The maximum Gasteiger partial charge on any atom is 0.115 e. The maximum atomic E-state index is 9.78. The van der Waals surface area contributed by atoms with Gasteiger partial charge in [0.25, 0.3) is 0 Å². The van der Waals surface area contributed by atoms with Crippen molar-refractivity contribution in [2.24, 2.45) is 0 Å². The largest absolute Gasteiger partial charge is 0.508 e. The number of aromatic hydroxyl groups is 2. The van der Waals surface area contributed by atoms with E-state index < -0.39 is 0 Å². The van der Waals surface area contributed by atoms with Crippen molar-refractivity contribution >= 4 is 23.3 Å². The van der Waals surface area contributed by atoms with E-state index in [0.29, 0.717) is 0 Å². The standard InChI is InChI=1S/C40H30O2/c41-37-23-19-35(20-24-37)40(36-21-25-38(42)26-22-36)28-30-13-17-32(18-14-30)31-15-11-29(12-16-31)27-39(33-7-3-1-4-8-33)34-9-5-2-6-10-34/h1-28,41-42H. The van der Waals surface area contributed by atoms with Crippen LogP contribution in [0.4, 0.5) is 0 Å². The van der Waals surface area contributed by atoms with Gasteiger partial charge in [-0.2, -0.15) is 0 Å². The van der Waals surface area contributed by atoms with Gasteiger partial charge in [-0.15, -0.1) is 0 Å². The van der Waals surface area contributed by atoms with Crippen molar-refractivity contribution in [2.75, 3.05) is 0 Å². The molecule has 0 saturated heterocycles. The summed E-state index contributed by atoms with van der Waals surface area (Å²) in [4.78, 5) is 0. The highest BCUT2D eigenvalue weighted by Crippen LogP contribution is 2.30. The number of hydrogen-bond acceptors (Lipinski definition) is 2. The van der Waals surface area contributed by atoms with Crippen LogP contribution in [-0.2, 0) is 0 Å². The summed E-state index contributed by atoms with van der Waals surface area (Å²) >= 11 is 0. The van der Waals surface area contributed by atoms with Gasteiger partial charge < -0.3 is 10.2 Å². The van der Waals surface area contributed by atoms with Gasteiger partial charge in [0.05, 0.1) is 0 Å². The lowest BCUT2D eigenvalue weighted by molar-refractivity contribution is 0.475. The predicted molar refractivity (Wildman–Crippen MR) is 175 cm³/mol. The predicted octanol–water partition coefficient (Wildman–Crippen LogP) is 9.94. The lowest BCUT2D eigenvalue weighted by Crippen LogP contribution is -1.89. The molecule has 0 fully saturated rings. The molecule has 2 nitrogen and oxygen atoms in total. The molecule has 0 amide bonds. The second-order valence-electron chi connectivity index (χ2n) is 10.2. The normalized spacial score (nSPS) is 10.6. The zero-order valence-electron chi connectivity index (χ0n) is 23.1. The van der Waals surface area contributed by atoms with E-state index in [1.165, 1.54) is 16.7 Å². The first-order valence-electron chi connectivity index (χ1n) is 14.0. The molecule has 6 aromatic carbocycles. The number of phenolic OH excluding ortho intramolecular Hbond substituents is 2. The highest BCUT2D eigenvalue weighted by molar-refractivity contribution is 5.93. The Bertz CT molecular complexity index is 1720. The summed E-state index contributed by atoms with van der Waals surface area (Å²) < 4.78 is 0. The van der Waals surface area contributed by atoms with E-state index >= 15 is 0 Å². The van der Waals surface area contributed by atoms with Gasteiger partial charge in [0.2, 0.25) is 0 Å². The van der Waals surface area contributed by atoms with Crippen molar-refractivity contribution in [2.45, 2.75) is 0 Å². The van der Waals surface area contributed by atoms with Gasteiger partial charge in [-0.3, -0.25) is 0 Å². The van der Waals surface area contributed by atoms with Crippen molar-refractivity contribution < 1.29 is 10.2 Å². The highest BCUT2D eigenvalue weighted by atomic mass is 16.3. The van der Waals surface area contributed by atoms with E-state index in [-0.39, 0.29) is 11.5 Å². The van der Waals surface area contributed by atoms with Crippen LogP contribution in [0, 0.1) is 0 Å². The molecule has 0 aliphatic carbocycles. The Balaban J connectivity index is 1.28. The second-order valence-corrected chi connectivity index (χ2v) is 10.2. The average molecular weight is 543 g/mol. The monoisotopic (exact) mass is 542 g/mol. The molecule has 0 radical (unpaired) electrons. The molecule has 0 saturated carbocycles. The zero-order chi connectivity index (χ0) is 28.7. The smallest absolute Gasteiger partial charge is 0.115 e. The van der Waals surface area contributed by atoms with Crippen molar-refractivity contribution in [1.82, 2.24) is 0 Å². The number of phenols is 2. The molecule has 42 heavy (non-hydrogen) atoms. The molecule has 2 N–H and O–H groups in total. The molecule has 0 aliphatic rings. The van der Waals surface area contributed by atoms with Crippen LogP contribution in [0.2, 0.25) is 0 Å². The molecule has 0 spiro atoms. The van der Waals surface area contributed by atoms with Crippen molar-refractivity contribution in [3.05, 3.63) is 191 Å². The molecule has 6 rings (SSSR count). The lowest BCUT2D eigenvalue weighted by atomic mass is 9.94. The van der Waals surface area contributed by atoms with E-state index in [4.69, 9.17) is 0 Å². The minimum absolute atomic E-state index is 0.228. The number of hydrogen-bond donors (Lipinski definition) is 2. The minimum atomic E-state index is 0.228. The van der Waals surface area contributed by atoms with Crippen LogP contribution in [0.1, 0.15) is 33.4 Å². The molecular weight excluding hydrogens is 512 g/mol. The van der Waals surface area contributed by atoms with Crippen molar-refractivity contribution in [3.8, 4) is 22.6 Å². The van der Waals surface area contributed by atoms with Gasteiger partial charge in [0, 0.05) is 0 Å². The summed E-state index contributed by atoms with van der Waals surface area (Å²) in [5, 5.41) is 19.6. The molecule has 202 valence electrons. The molecule has 0 heterocycles. The van der Waals surface area contributed by atoms with E-state index in [1.807, 2.05) is 36.4 Å². The summed E-state index contributed by atoms with van der Waals surface area (Å²) in [6, 6.07) is 52.6. The minimum Gasteiger partial charge on any atom is -0.508 e. The molecular formula is C40H30O2. The fourth-order valence-corrected chi connectivity index (χ4v) is 5.06. The topological polar surface area (TPSA) is 40.5 Å². The van der Waals surface area contributed by atoms with Crippen molar-refractivity contribution in [3.63, 3.8) is 0 Å². The highest BCUT2D eigenvalue weighted by Gasteiger charge is 2.08. The summed E-state index contributed by atoms with van der Waals surface area (Å²) in [5.41, 5.74) is 11.0. The summed E-state index contributed by atoms with van der Waals surface area (Å²) in [6.07, 6.45) is 4.38. The Morgan fingerprint density at radius 2 is 0.643 bits per heavy atom. The van der Waals surface area contributed by atoms with E-state index in [1.54, 1.807) is 24.3 Å². The van der Waals surface area contributed by atoms with Gasteiger partial charge in [-0.05, 0) is 92.1 Å². The summed E-state index contributed by atoms with van der Waals surface area (Å²) in [5.74, 6) is 0.456. The summed E-state index contributed by atoms with van der Waals surface area (Å²) in [6.45, 7) is 0. The van der Waals surface area contributed by atoms with Gasteiger partial charge in [0.15, 0.2) is 0 Å². The first-order valence-corrected chi connectivity index (χ1v) is 14.0. The third kappa shape index (κ3) is 6.24. The Labute approximate surface area is 246 Å². The Morgan fingerprint density at radius 1 is 0.333 bits per heavy atom. The molecule has 0 bridgehead atoms. The van der Waals surface area contributed by atoms with Gasteiger partial charge in [-0.25, -0.2) is 0 Å². The fourth-order valence-electron chi connectivity index (χ4n) is 5.06. The van der Waals surface area contributed by atoms with Crippen molar-refractivity contribution in [1.29, 1.82) is 0 Å². The van der Waals surface area contributed by atoms with Crippen LogP contribution in [0.15, 0.2) is 158 Å². The zero-order valence-corrected chi connectivity index (χ0v) is 23.1. The molecule has 0 aliphatic heterocycles. The van der Waals surface area contributed by atoms with Gasteiger partial charge >= 0.3 is 0 Å². The Morgan fingerprint density at radius 3 is 0.976 bits per heavy atom. The quantitative estimate of drug-likeness (QED) is 0.197. The van der Waals surface area contributed by atoms with Gasteiger partial charge in [-0.1, -0.05) is 133 Å². The van der Waals surface area contributed by atoms with E-state index in [2.05, 4.69) is 109 Å². The SMILES string of the molecule is Oc1ccc(C(=Cc2ccc(-c3ccc(C=C(c4ccccc4)c4ccccc4)cc3)cc2)c2ccc(O)cc2)cc1. The van der Waals surface area contributed by atoms with Gasteiger partial charge in [0.1, 0.15) is 11.5 Å². The number of benzene rings is 6. The van der Waals surface area contributed by atoms with E-state index in [0.717, 1.165) is 39.0 Å². The summed E-state index contributed by atoms with van der Waals surface area (Å²) in [7, 11) is 0. The first kappa shape index (κ1) is 26.6. The third-order valence-electron chi connectivity index (χ3n) is 7.30. The second kappa shape index (κ2) is 12.3. The van der Waals surface area contributed by atoms with Crippen LogP contribution < -0.4 is 0 Å².